The van der Waals surface area contributed by atoms with Crippen LogP contribution in [0.15, 0.2) is 60.7 Å². The van der Waals surface area contributed by atoms with Crippen molar-refractivity contribution in [2.45, 2.75) is 32.1 Å². The molecule has 2 aromatic carbocycles. The summed E-state index contributed by atoms with van der Waals surface area (Å²) < 4.78 is 5.43. The van der Waals surface area contributed by atoms with Crippen molar-refractivity contribution in [1.82, 2.24) is 4.90 Å². The quantitative estimate of drug-likeness (QED) is 0.392. The van der Waals surface area contributed by atoms with Crippen molar-refractivity contribution in [3.05, 3.63) is 71.8 Å². The van der Waals surface area contributed by atoms with Crippen molar-refractivity contribution in [3.63, 3.8) is 0 Å². The molecule has 152 valence electrons. The number of likely N-dealkylation sites (tertiary alicyclic amines) is 1. The predicted molar refractivity (Wildman–Crippen MR) is 110 cm³/mol. The summed E-state index contributed by atoms with van der Waals surface area (Å²) in [5.41, 5.74) is 2.03. The summed E-state index contributed by atoms with van der Waals surface area (Å²) in [6.07, 6.45) is 3.10. The molecule has 5 heteroatoms. The topological polar surface area (TPSA) is 63.7 Å². The van der Waals surface area contributed by atoms with Crippen molar-refractivity contribution in [2.75, 3.05) is 19.7 Å². The zero-order chi connectivity index (χ0) is 20.5. The number of esters is 1. The van der Waals surface area contributed by atoms with Gasteiger partial charge in [-0.3, -0.25) is 14.4 Å². The number of ketones is 1. The van der Waals surface area contributed by atoms with E-state index in [1.54, 1.807) is 0 Å². The molecule has 0 aliphatic carbocycles. The number of carbonyl (C=O) groups is 3. The first-order chi connectivity index (χ1) is 14.1. The number of rotatable bonds is 8. The van der Waals surface area contributed by atoms with Gasteiger partial charge in [0.05, 0.1) is 12.5 Å². The maximum absolute atomic E-state index is 12.5. The van der Waals surface area contributed by atoms with Crippen LogP contribution >= 0.6 is 0 Å². The van der Waals surface area contributed by atoms with Crippen LogP contribution in [-0.4, -0.2) is 42.3 Å². The third kappa shape index (κ3) is 6.28. The Morgan fingerprint density at radius 3 is 2.28 bits per heavy atom. The Morgan fingerprint density at radius 1 is 0.931 bits per heavy atom. The van der Waals surface area contributed by atoms with E-state index in [1.807, 2.05) is 48.5 Å². The molecule has 1 fully saturated rings. The zero-order valence-electron chi connectivity index (χ0n) is 16.6. The molecule has 1 saturated heterocycles. The van der Waals surface area contributed by atoms with E-state index in [1.165, 1.54) is 10.5 Å². The second kappa shape index (κ2) is 10.6. The highest BCUT2D eigenvalue weighted by Gasteiger charge is 2.31. The van der Waals surface area contributed by atoms with Crippen LogP contribution in [0.25, 0.3) is 0 Å². The number of ether oxygens (including phenoxy) is 1. The number of nitrogens with zero attached hydrogens (tertiary/aromatic N) is 1. The molecule has 1 aliphatic rings. The van der Waals surface area contributed by atoms with Crippen molar-refractivity contribution >= 4 is 17.7 Å². The second-order valence-electron chi connectivity index (χ2n) is 7.43. The molecule has 2 aromatic rings. The van der Waals surface area contributed by atoms with E-state index in [9.17, 15) is 14.4 Å². The lowest BCUT2D eigenvalue weighted by atomic mass is 9.97. The summed E-state index contributed by atoms with van der Waals surface area (Å²) in [6.45, 7) is 1.14. The van der Waals surface area contributed by atoms with Crippen LogP contribution in [0.5, 0.6) is 0 Å². The minimum absolute atomic E-state index is 0.0881. The van der Waals surface area contributed by atoms with E-state index in [0.29, 0.717) is 26.0 Å². The van der Waals surface area contributed by atoms with Gasteiger partial charge in [-0.2, -0.15) is 0 Å². The third-order valence-corrected chi connectivity index (χ3v) is 5.18. The SMILES string of the molecule is O=C(Cc1ccccc1)C(=O)N1CCCC(C(=O)OCCCc2ccccc2)C1. The zero-order valence-corrected chi connectivity index (χ0v) is 16.6. The number of piperidine rings is 1. The fourth-order valence-electron chi connectivity index (χ4n) is 3.60. The Balaban J connectivity index is 1.43. The summed E-state index contributed by atoms with van der Waals surface area (Å²) in [5, 5.41) is 0. The van der Waals surface area contributed by atoms with Gasteiger partial charge in [-0.05, 0) is 36.8 Å². The first kappa shape index (κ1) is 20.8. The van der Waals surface area contributed by atoms with Crippen molar-refractivity contribution in [2.24, 2.45) is 5.92 Å². The van der Waals surface area contributed by atoms with Gasteiger partial charge >= 0.3 is 5.97 Å². The fourth-order valence-corrected chi connectivity index (χ4v) is 3.60. The first-order valence-electron chi connectivity index (χ1n) is 10.2. The van der Waals surface area contributed by atoms with E-state index >= 15 is 0 Å². The normalized spacial score (nSPS) is 16.3. The van der Waals surface area contributed by atoms with Crippen LogP contribution in [0, 0.1) is 5.92 Å². The maximum atomic E-state index is 12.5. The summed E-state index contributed by atoms with van der Waals surface area (Å²) in [6, 6.07) is 19.3. The molecule has 0 aromatic heterocycles. The number of aryl methyl sites for hydroxylation is 1. The molecule has 0 spiro atoms. The monoisotopic (exact) mass is 393 g/mol. The van der Waals surface area contributed by atoms with E-state index in [0.717, 1.165) is 18.4 Å². The lowest BCUT2D eigenvalue weighted by molar-refractivity contribution is -0.153. The number of carbonyl (C=O) groups excluding carboxylic acids is 3. The molecule has 1 amide bonds. The third-order valence-electron chi connectivity index (χ3n) is 5.18. The van der Waals surface area contributed by atoms with Gasteiger partial charge in [-0.1, -0.05) is 60.7 Å². The molecule has 0 saturated carbocycles. The number of Topliss-reactive ketones (excluding diaryl/α,β-unsaturated/α-hetero) is 1. The van der Waals surface area contributed by atoms with Crippen molar-refractivity contribution in [1.29, 1.82) is 0 Å². The Labute approximate surface area is 171 Å². The Hall–Kier alpha value is -2.95. The van der Waals surface area contributed by atoms with Gasteiger partial charge in [-0.15, -0.1) is 0 Å². The predicted octanol–water partition coefficient (Wildman–Crippen LogP) is 3.21. The molecule has 1 aliphatic heterocycles. The van der Waals surface area contributed by atoms with Gasteiger partial charge < -0.3 is 9.64 Å². The summed E-state index contributed by atoms with van der Waals surface area (Å²) in [4.78, 5) is 38.7. The van der Waals surface area contributed by atoms with Crippen LogP contribution in [0.4, 0.5) is 0 Å². The van der Waals surface area contributed by atoms with Gasteiger partial charge in [0.25, 0.3) is 5.91 Å². The largest absolute Gasteiger partial charge is 0.465 e. The Kier molecular flexibility index (Phi) is 7.56. The summed E-state index contributed by atoms with van der Waals surface area (Å²) >= 11 is 0. The van der Waals surface area contributed by atoms with Crippen molar-refractivity contribution < 1.29 is 19.1 Å². The summed E-state index contributed by atoms with van der Waals surface area (Å²) in [7, 11) is 0. The van der Waals surface area contributed by atoms with Gasteiger partial charge in [0.1, 0.15) is 0 Å². The number of hydrogen-bond donors (Lipinski definition) is 0. The molecule has 3 rings (SSSR count). The molecule has 29 heavy (non-hydrogen) atoms. The van der Waals surface area contributed by atoms with E-state index in [4.69, 9.17) is 4.74 Å². The molecule has 0 bridgehead atoms. The number of amides is 1. The number of hydrogen-bond acceptors (Lipinski definition) is 4. The average molecular weight is 393 g/mol. The van der Waals surface area contributed by atoms with Gasteiger partial charge in [-0.25, -0.2) is 0 Å². The van der Waals surface area contributed by atoms with Crippen LogP contribution in [0.3, 0.4) is 0 Å². The maximum Gasteiger partial charge on any atom is 0.310 e. The lowest BCUT2D eigenvalue weighted by Gasteiger charge is -2.31. The standard InChI is InChI=1S/C24H27NO4/c26-22(17-20-11-5-2-6-12-20)23(27)25-15-7-14-21(18-25)24(28)29-16-8-13-19-9-3-1-4-10-19/h1-6,9-12,21H,7-8,13-18H2. The number of benzene rings is 2. The van der Waals surface area contributed by atoms with Gasteiger partial charge in [0, 0.05) is 19.5 Å². The van der Waals surface area contributed by atoms with E-state index < -0.39 is 11.7 Å². The van der Waals surface area contributed by atoms with Crippen LogP contribution in [0.2, 0.25) is 0 Å². The highest BCUT2D eigenvalue weighted by molar-refractivity contribution is 6.36. The highest BCUT2D eigenvalue weighted by Crippen LogP contribution is 2.19. The van der Waals surface area contributed by atoms with Crippen LogP contribution < -0.4 is 0 Å². The molecule has 5 nitrogen and oxygen atoms in total. The highest BCUT2D eigenvalue weighted by atomic mass is 16.5. The van der Waals surface area contributed by atoms with Crippen LogP contribution in [0.1, 0.15) is 30.4 Å². The smallest absolute Gasteiger partial charge is 0.310 e. The molecular weight excluding hydrogens is 366 g/mol. The molecule has 0 radical (unpaired) electrons. The molecule has 0 N–H and O–H groups in total. The van der Waals surface area contributed by atoms with E-state index in [2.05, 4.69) is 12.1 Å². The summed E-state index contributed by atoms with van der Waals surface area (Å²) in [5.74, 6) is -1.57. The van der Waals surface area contributed by atoms with Gasteiger partial charge in [0.15, 0.2) is 0 Å². The lowest BCUT2D eigenvalue weighted by Crippen LogP contribution is -2.46. The average Bonchev–Trinajstić information content (AvgIpc) is 2.77. The Bertz CT molecular complexity index is 819. The molecule has 1 heterocycles. The molecular formula is C24H27NO4. The molecule has 1 atom stereocenters. The minimum atomic E-state index is -0.504. The van der Waals surface area contributed by atoms with E-state index in [-0.39, 0.29) is 24.9 Å². The molecule has 1 unspecified atom stereocenters. The fraction of sp³-hybridized carbons (Fsp3) is 0.375. The van der Waals surface area contributed by atoms with Crippen LogP contribution in [-0.2, 0) is 32.0 Å². The first-order valence-corrected chi connectivity index (χ1v) is 10.2. The van der Waals surface area contributed by atoms with Crippen molar-refractivity contribution in [3.8, 4) is 0 Å². The Morgan fingerprint density at radius 2 is 1.59 bits per heavy atom. The minimum Gasteiger partial charge on any atom is -0.465 e. The second-order valence-corrected chi connectivity index (χ2v) is 7.43. The van der Waals surface area contributed by atoms with Gasteiger partial charge in [0.2, 0.25) is 5.78 Å².